The maximum atomic E-state index is 11.9. The summed E-state index contributed by atoms with van der Waals surface area (Å²) in [4.78, 5) is 13.6. The van der Waals surface area contributed by atoms with Crippen LogP contribution in [0, 0.1) is 11.3 Å². The average molecular weight is 206 g/mol. The second-order valence-electron chi connectivity index (χ2n) is 3.13. The molecule has 5 heteroatoms. The van der Waals surface area contributed by atoms with Crippen LogP contribution in [0.25, 0.3) is 0 Å². The Hall–Kier alpha value is -1.83. The number of carbonyl (C=O) groups excluding carboxylic acids is 1. The monoisotopic (exact) mass is 206 g/mol. The predicted molar refractivity (Wildman–Crippen MR) is 55.0 cm³/mol. The molecule has 1 aromatic heterocycles. The standard InChI is InChI=1S/C10H14N4O/c1-3-14(8-4-6-11)10(15)9-5-7-12-13(9)2/h5,7H,3-4,8H2,1-2H3. The van der Waals surface area contributed by atoms with Gasteiger partial charge in [-0.15, -0.1) is 0 Å². The number of nitriles is 1. The van der Waals surface area contributed by atoms with Crippen LogP contribution in [-0.4, -0.2) is 33.7 Å². The minimum absolute atomic E-state index is 0.0762. The zero-order valence-corrected chi connectivity index (χ0v) is 8.97. The fraction of sp³-hybridized carbons (Fsp3) is 0.500. The first-order valence-corrected chi connectivity index (χ1v) is 4.85. The molecule has 1 amide bonds. The van der Waals surface area contributed by atoms with Crippen molar-refractivity contribution in [3.05, 3.63) is 18.0 Å². The largest absolute Gasteiger partial charge is 0.337 e. The summed E-state index contributed by atoms with van der Waals surface area (Å²) in [7, 11) is 1.73. The quantitative estimate of drug-likeness (QED) is 0.731. The van der Waals surface area contributed by atoms with Crippen molar-refractivity contribution in [1.29, 1.82) is 5.26 Å². The van der Waals surface area contributed by atoms with E-state index in [0.29, 0.717) is 25.2 Å². The molecule has 0 atom stereocenters. The molecule has 0 aliphatic heterocycles. The topological polar surface area (TPSA) is 61.9 Å². The normalized spacial score (nSPS) is 9.67. The van der Waals surface area contributed by atoms with Gasteiger partial charge in [0.05, 0.1) is 12.5 Å². The van der Waals surface area contributed by atoms with Gasteiger partial charge in [-0.1, -0.05) is 0 Å². The van der Waals surface area contributed by atoms with Crippen molar-refractivity contribution in [1.82, 2.24) is 14.7 Å². The molecule has 0 fully saturated rings. The molecule has 0 aliphatic rings. The highest BCUT2D eigenvalue weighted by Crippen LogP contribution is 2.03. The van der Waals surface area contributed by atoms with Crippen LogP contribution in [0.1, 0.15) is 23.8 Å². The minimum atomic E-state index is -0.0762. The lowest BCUT2D eigenvalue weighted by Crippen LogP contribution is -2.33. The average Bonchev–Trinajstić information content (AvgIpc) is 2.65. The molecule has 15 heavy (non-hydrogen) atoms. The number of aryl methyl sites for hydroxylation is 1. The van der Waals surface area contributed by atoms with E-state index in [2.05, 4.69) is 5.10 Å². The third-order valence-corrected chi connectivity index (χ3v) is 2.20. The number of hydrogen-bond donors (Lipinski definition) is 0. The van der Waals surface area contributed by atoms with Gasteiger partial charge in [-0.25, -0.2) is 0 Å². The highest BCUT2D eigenvalue weighted by Gasteiger charge is 2.16. The van der Waals surface area contributed by atoms with E-state index in [1.165, 1.54) is 4.68 Å². The number of nitrogens with zero attached hydrogens (tertiary/aromatic N) is 4. The summed E-state index contributed by atoms with van der Waals surface area (Å²) in [6.07, 6.45) is 1.95. The number of carbonyl (C=O) groups is 1. The van der Waals surface area contributed by atoms with Crippen molar-refractivity contribution in [3.8, 4) is 6.07 Å². The molecule has 0 aromatic carbocycles. The minimum Gasteiger partial charge on any atom is -0.337 e. The van der Waals surface area contributed by atoms with E-state index >= 15 is 0 Å². The van der Waals surface area contributed by atoms with Gasteiger partial charge in [0.15, 0.2) is 0 Å². The molecule has 0 radical (unpaired) electrons. The van der Waals surface area contributed by atoms with Gasteiger partial charge in [-0.2, -0.15) is 10.4 Å². The Kier molecular flexibility index (Phi) is 3.86. The van der Waals surface area contributed by atoms with Crippen LogP contribution in [0.2, 0.25) is 0 Å². The smallest absolute Gasteiger partial charge is 0.272 e. The van der Waals surface area contributed by atoms with E-state index in [4.69, 9.17) is 5.26 Å². The van der Waals surface area contributed by atoms with Gasteiger partial charge in [-0.05, 0) is 13.0 Å². The molecule has 0 N–H and O–H groups in total. The maximum absolute atomic E-state index is 11.9. The summed E-state index contributed by atoms with van der Waals surface area (Å²) in [5.74, 6) is -0.0762. The lowest BCUT2D eigenvalue weighted by molar-refractivity contribution is 0.0757. The van der Waals surface area contributed by atoms with Crippen LogP contribution in [0.3, 0.4) is 0 Å². The van der Waals surface area contributed by atoms with Crippen molar-refractivity contribution in [2.24, 2.45) is 7.05 Å². The molecule has 0 saturated carbocycles. The fourth-order valence-electron chi connectivity index (χ4n) is 1.33. The van der Waals surface area contributed by atoms with Gasteiger partial charge in [-0.3, -0.25) is 9.48 Å². The first-order valence-electron chi connectivity index (χ1n) is 4.85. The van der Waals surface area contributed by atoms with E-state index in [0.717, 1.165) is 0 Å². The molecule has 0 unspecified atom stereocenters. The fourth-order valence-corrected chi connectivity index (χ4v) is 1.33. The molecule has 80 valence electrons. The van der Waals surface area contributed by atoms with E-state index in [1.807, 2.05) is 13.0 Å². The van der Waals surface area contributed by atoms with Crippen LogP contribution in [0.15, 0.2) is 12.3 Å². The van der Waals surface area contributed by atoms with Crippen LogP contribution in [0.5, 0.6) is 0 Å². The van der Waals surface area contributed by atoms with Crippen molar-refractivity contribution >= 4 is 5.91 Å². The van der Waals surface area contributed by atoms with Gasteiger partial charge in [0, 0.05) is 26.3 Å². The Bertz CT molecular complexity index is 377. The predicted octanol–water partition coefficient (Wildman–Crippen LogP) is 0.796. The van der Waals surface area contributed by atoms with Crippen molar-refractivity contribution in [2.45, 2.75) is 13.3 Å². The van der Waals surface area contributed by atoms with Crippen molar-refractivity contribution in [3.63, 3.8) is 0 Å². The van der Waals surface area contributed by atoms with E-state index in [9.17, 15) is 4.79 Å². The second-order valence-corrected chi connectivity index (χ2v) is 3.13. The first kappa shape index (κ1) is 11.2. The molecular formula is C10H14N4O. The molecule has 0 saturated heterocycles. The van der Waals surface area contributed by atoms with E-state index in [1.54, 1.807) is 24.2 Å². The third kappa shape index (κ3) is 2.56. The zero-order valence-electron chi connectivity index (χ0n) is 8.97. The molecule has 0 bridgehead atoms. The number of hydrogen-bond acceptors (Lipinski definition) is 3. The van der Waals surface area contributed by atoms with Crippen molar-refractivity contribution < 1.29 is 4.79 Å². The third-order valence-electron chi connectivity index (χ3n) is 2.20. The zero-order chi connectivity index (χ0) is 11.3. The summed E-state index contributed by atoms with van der Waals surface area (Å²) in [5.41, 5.74) is 0.551. The molecule has 1 aromatic rings. The SMILES string of the molecule is CCN(CCC#N)C(=O)c1ccnn1C. The van der Waals surface area contributed by atoms with Crippen LogP contribution in [0.4, 0.5) is 0 Å². The van der Waals surface area contributed by atoms with Gasteiger partial charge in [0.25, 0.3) is 5.91 Å². The lowest BCUT2D eigenvalue weighted by atomic mass is 10.3. The summed E-state index contributed by atoms with van der Waals surface area (Å²) >= 11 is 0. The Labute approximate surface area is 88.9 Å². The molecular weight excluding hydrogens is 192 g/mol. The van der Waals surface area contributed by atoms with Gasteiger partial charge >= 0.3 is 0 Å². The second kappa shape index (κ2) is 5.15. The summed E-state index contributed by atoms with van der Waals surface area (Å²) in [5, 5.41) is 12.4. The number of aromatic nitrogens is 2. The van der Waals surface area contributed by atoms with E-state index in [-0.39, 0.29) is 5.91 Å². The molecule has 0 aliphatic carbocycles. The molecule has 1 heterocycles. The van der Waals surface area contributed by atoms with Crippen LogP contribution >= 0.6 is 0 Å². The summed E-state index contributed by atoms with van der Waals surface area (Å²) in [6.45, 7) is 2.97. The van der Waals surface area contributed by atoms with Crippen molar-refractivity contribution in [2.75, 3.05) is 13.1 Å². The number of rotatable bonds is 4. The maximum Gasteiger partial charge on any atom is 0.272 e. The van der Waals surface area contributed by atoms with Gasteiger partial charge < -0.3 is 4.90 Å². The number of amides is 1. The van der Waals surface area contributed by atoms with E-state index < -0.39 is 0 Å². The van der Waals surface area contributed by atoms with Crippen LogP contribution in [-0.2, 0) is 7.05 Å². The molecule has 5 nitrogen and oxygen atoms in total. The molecule has 1 rings (SSSR count). The molecule has 0 spiro atoms. The van der Waals surface area contributed by atoms with Gasteiger partial charge in [0.1, 0.15) is 5.69 Å². The highest BCUT2D eigenvalue weighted by atomic mass is 16.2. The van der Waals surface area contributed by atoms with Crippen LogP contribution < -0.4 is 0 Å². The first-order chi connectivity index (χ1) is 7.20. The lowest BCUT2D eigenvalue weighted by Gasteiger charge is -2.19. The Morgan fingerprint density at radius 1 is 1.73 bits per heavy atom. The Balaban J connectivity index is 2.74. The Morgan fingerprint density at radius 2 is 2.47 bits per heavy atom. The van der Waals surface area contributed by atoms with Gasteiger partial charge in [0.2, 0.25) is 0 Å². The Morgan fingerprint density at radius 3 is 2.93 bits per heavy atom. The summed E-state index contributed by atoms with van der Waals surface area (Å²) in [6, 6.07) is 3.71. The summed E-state index contributed by atoms with van der Waals surface area (Å²) < 4.78 is 1.54. The highest BCUT2D eigenvalue weighted by molar-refractivity contribution is 5.92.